The molecule has 0 radical (unpaired) electrons. The number of nitro groups is 1. The van der Waals surface area contributed by atoms with E-state index in [0.717, 1.165) is 16.8 Å². The predicted molar refractivity (Wildman–Crippen MR) is 79.2 cm³/mol. The minimum absolute atomic E-state index is 0.143. The van der Waals surface area contributed by atoms with E-state index in [0.29, 0.717) is 0 Å². The SMILES string of the molecule is CC.Cc1cc([N+](=O)[O-])cc(C)c1NSI. The van der Waals surface area contributed by atoms with Crippen molar-refractivity contribution in [3.8, 4) is 0 Å². The summed E-state index contributed by atoms with van der Waals surface area (Å²) in [7, 11) is 1.45. The number of hydrogen-bond acceptors (Lipinski definition) is 4. The third kappa shape index (κ3) is 4.17. The van der Waals surface area contributed by atoms with Crippen LogP contribution in [-0.2, 0) is 0 Å². The van der Waals surface area contributed by atoms with Gasteiger partial charge in [-0.1, -0.05) is 13.8 Å². The minimum Gasteiger partial charge on any atom is -0.321 e. The minimum atomic E-state index is -0.374. The summed E-state index contributed by atoms with van der Waals surface area (Å²) in [5.41, 5.74) is 2.88. The largest absolute Gasteiger partial charge is 0.321 e. The zero-order chi connectivity index (χ0) is 12.7. The third-order valence-corrected chi connectivity index (χ3v) is 2.81. The molecule has 0 saturated carbocycles. The molecule has 0 aliphatic carbocycles. The van der Waals surface area contributed by atoms with Crippen molar-refractivity contribution in [1.82, 2.24) is 0 Å². The number of nitro benzene ring substituents is 1. The summed E-state index contributed by atoms with van der Waals surface area (Å²) in [6, 6.07) is 3.14. The molecule has 0 atom stereocenters. The molecule has 16 heavy (non-hydrogen) atoms. The fourth-order valence-corrected chi connectivity index (χ4v) is 2.31. The van der Waals surface area contributed by atoms with Crippen molar-refractivity contribution in [1.29, 1.82) is 0 Å². The van der Waals surface area contributed by atoms with Gasteiger partial charge in [0.2, 0.25) is 0 Å². The molecule has 90 valence electrons. The van der Waals surface area contributed by atoms with E-state index in [1.54, 1.807) is 12.1 Å². The van der Waals surface area contributed by atoms with Crippen molar-refractivity contribution < 1.29 is 4.92 Å². The molecule has 0 unspecified atom stereocenters. The van der Waals surface area contributed by atoms with Gasteiger partial charge in [0, 0.05) is 42.5 Å². The van der Waals surface area contributed by atoms with E-state index >= 15 is 0 Å². The highest BCUT2D eigenvalue weighted by Crippen LogP contribution is 2.29. The lowest BCUT2D eigenvalue weighted by Crippen LogP contribution is -1.95. The van der Waals surface area contributed by atoms with Gasteiger partial charge in [0.25, 0.3) is 5.69 Å². The zero-order valence-electron chi connectivity index (χ0n) is 9.70. The van der Waals surface area contributed by atoms with Crippen LogP contribution in [0, 0.1) is 24.0 Å². The van der Waals surface area contributed by atoms with E-state index in [1.807, 2.05) is 27.7 Å². The summed E-state index contributed by atoms with van der Waals surface area (Å²) in [6.07, 6.45) is 0. The molecular weight excluding hydrogens is 339 g/mol. The molecule has 0 saturated heterocycles. The monoisotopic (exact) mass is 354 g/mol. The second-order valence-corrected chi connectivity index (χ2v) is 4.57. The predicted octanol–water partition coefficient (Wildman–Crippen LogP) is 4.65. The summed E-state index contributed by atoms with van der Waals surface area (Å²) in [5.74, 6) is 0. The highest BCUT2D eigenvalue weighted by molar-refractivity contribution is 14.2. The summed E-state index contributed by atoms with van der Waals surface area (Å²) >= 11 is 2.12. The highest BCUT2D eigenvalue weighted by atomic mass is 127. The van der Waals surface area contributed by atoms with Crippen LogP contribution in [0.3, 0.4) is 0 Å². The second-order valence-electron chi connectivity index (χ2n) is 2.89. The molecule has 0 heterocycles. The Hall–Kier alpha value is -0.500. The fraction of sp³-hybridized carbons (Fsp3) is 0.400. The smallest absolute Gasteiger partial charge is 0.270 e. The Morgan fingerprint density at radius 2 is 1.75 bits per heavy atom. The summed E-state index contributed by atoms with van der Waals surface area (Å²) in [4.78, 5) is 10.2. The first kappa shape index (κ1) is 15.5. The van der Waals surface area contributed by atoms with Crippen LogP contribution in [0.1, 0.15) is 25.0 Å². The van der Waals surface area contributed by atoms with Crippen molar-refractivity contribution in [2.24, 2.45) is 0 Å². The highest BCUT2D eigenvalue weighted by Gasteiger charge is 2.11. The maximum absolute atomic E-state index is 10.6. The number of benzene rings is 1. The normalized spacial score (nSPS) is 9.06. The van der Waals surface area contributed by atoms with Gasteiger partial charge in [0.05, 0.1) is 10.6 Å². The molecule has 0 spiro atoms. The summed E-state index contributed by atoms with van der Waals surface area (Å²) in [6.45, 7) is 7.71. The van der Waals surface area contributed by atoms with E-state index in [2.05, 4.69) is 25.9 Å². The molecule has 0 fully saturated rings. The van der Waals surface area contributed by atoms with Crippen molar-refractivity contribution in [2.45, 2.75) is 27.7 Å². The lowest BCUT2D eigenvalue weighted by Gasteiger charge is -2.08. The number of rotatable bonds is 3. The lowest BCUT2D eigenvalue weighted by atomic mass is 10.1. The quantitative estimate of drug-likeness (QED) is 0.372. The number of nitrogens with zero attached hydrogens (tertiary/aromatic N) is 1. The molecule has 0 amide bonds. The van der Waals surface area contributed by atoms with E-state index in [9.17, 15) is 10.1 Å². The Kier molecular flexibility index (Phi) is 7.48. The van der Waals surface area contributed by atoms with Gasteiger partial charge in [-0.05, 0) is 25.0 Å². The van der Waals surface area contributed by atoms with Gasteiger partial charge in [0.15, 0.2) is 0 Å². The van der Waals surface area contributed by atoms with E-state index < -0.39 is 0 Å². The molecule has 1 aromatic rings. The topological polar surface area (TPSA) is 55.2 Å². The molecule has 0 aromatic heterocycles. The van der Waals surface area contributed by atoms with E-state index in [-0.39, 0.29) is 10.6 Å². The van der Waals surface area contributed by atoms with Crippen LogP contribution < -0.4 is 4.72 Å². The van der Waals surface area contributed by atoms with Crippen molar-refractivity contribution in [3.05, 3.63) is 33.4 Å². The average molecular weight is 354 g/mol. The molecule has 1 rings (SSSR count). The number of nitrogens with one attached hydrogen (secondary N) is 1. The molecule has 6 heteroatoms. The first-order chi connectivity index (χ1) is 7.56. The van der Waals surface area contributed by atoms with Gasteiger partial charge >= 0.3 is 0 Å². The standard InChI is InChI=1S/C8H9IN2O2S.C2H6/c1-5-3-7(11(12)13)4-6(2)8(5)10-14-9;1-2/h3-4,10H,1-2H3;1-2H3. The van der Waals surface area contributed by atoms with Gasteiger partial charge in [-0.2, -0.15) is 0 Å². The van der Waals surface area contributed by atoms with Gasteiger partial charge in [-0.3, -0.25) is 10.1 Å². The van der Waals surface area contributed by atoms with E-state index in [1.165, 1.54) is 9.12 Å². The number of non-ortho nitro benzene ring substituents is 1. The zero-order valence-corrected chi connectivity index (χ0v) is 12.7. The Morgan fingerprint density at radius 1 is 1.31 bits per heavy atom. The van der Waals surface area contributed by atoms with Crippen LogP contribution in [0.15, 0.2) is 12.1 Å². The van der Waals surface area contributed by atoms with Crippen LogP contribution in [0.4, 0.5) is 11.4 Å². The van der Waals surface area contributed by atoms with Crippen LogP contribution in [0.25, 0.3) is 0 Å². The lowest BCUT2D eigenvalue weighted by molar-refractivity contribution is -0.384. The molecule has 4 nitrogen and oxygen atoms in total. The van der Waals surface area contributed by atoms with Crippen LogP contribution in [-0.4, -0.2) is 4.92 Å². The first-order valence-electron chi connectivity index (χ1n) is 4.85. The number of hydrogen-bond donors (Lipinski definition) is 1. The summed E-state index contributed by atoms with van der Waals surface area (Å²) < 4.78 is 3.09. The average Bonchev–Trinajstić information content (AvgIpc) is 2.26. The number of halogens is 1. The Balaban J connectivity index is 0.00000106. The fourth-order valence-electron chi connectivity index (χ4n) is 1.25. The molecule has 0 bridgehead atoms. The van der Waals surface area contributed by atoms with Crippen LogP contribution in [0.2, 0.25) is 0 Å². The summed E-state index contributed by atoms with van der Waals surface area (Å²) in [5, 5.41) is 10.6. The van der Waals surface area contributed by atoms with Crippen LogP contribution in [0.5, 0.6) is 0 Å². The Labute approximate surface area is 112 Å². The maximum atomic E-state index is 10.6. The molecule has 1 aromatic carbocycles. The number of aryl methyl sites for hydroxylation is 2. The van der Waals surface area contributed by atoms with Crippen molar-refractivity contribution in [2.75, 3.05) is 4.72 Å². The van der Waals surface area contributed by atoms with Crippen molar-refractivity contribution in [3.63, 3.8) is 0 Å². The Bertz CT molecular complexity index is 349. The molecular formula is C10H15IN2O2S. The van der Waals surface area contributed by atoms with Gasteiger partial charge in [-0.25, -0.2) is 0 Å². The van der Waals surface area contributed by atoms with Gasteiger partial charge in [0.1, 0.15) is 0 Å². The van der Waals surface area contributed by atoms with Crippen molar-refractivity contribution >= 4 is 41.7 Å². The van der Waals surface area contributed by atoms with E-state index in [4.69, 9.17) is 0 Å². The molecule has 0 aliphatic rings. The molecule has 0 aliphatic heterocycles. The Morgan fingerprint density at radius 3 is 2.06 bits per heavy atom. The van der Waals surface area contributed by atoms with Gasteiger partial charge in [-0.15, -0.1) is 0 Å². The first-order valence-corrected chi connectivity index (χ1v) is 8.21. The number of anilines is 1. The third-order valence-electron chi connectivity index (χ3n) is 1.87. The maximum Gasteiger partial charge on any atom is 0.270 e. The molecule has 1 N–H and O–H groups in total. The van der Waals surface area contributed by atoms with Crippen LogP contribution >= 0.6 is 30.3 Å². The second kappa shape index (κ2) is 7.72. The van der Waals surface area contributed by atoms with Gasteiger partial charge < -0.3 is 4.72 Å².